The fraction of sp³-hybridized carbons (Fsp3) is 0.0952. The molecule has 4 aromatic rings. The molecular weight excluding hydrogens is 390 g/mol. The van der Waals surface area contributed by atoms with E-state index < -0.39 is 0 Å². The minimum atomic E-state index is -0.203. The van der Waals surface area contributed by atoms with E-state index in [0.29, 0.717) is 21.7 Å². The Kier molecular flexibility index (Phi) is 4.93. The van der Waals surface area contributed by atoms with Crippen LogP contribution in [0.5, 0.6) is 0 Å². The van der Waals surface area contributed by atoms with Crippen molar-refractivity contribution in [3.8, 4) is 0 Å². The van der Waals surface area contributed by atoms with Crippen molar-refractivity contribution >= 4 is 54.7 Å². The number of carbonyl (C=O) groups is 2. The molecule has 5 nitrogen and oxygen atoms in total. The van der Waals surface area contributed by atoms with Gasteiger partial charge in [-0.15, -0.1) is 11.3 Å². The fourth-order valence-electron chi connectivity index (χ4n) is 2.71. The Balaban J connectivity index is 1.53. The van der Waals surface area contributed by atoms with Gasteiger partial charge in [-0.25, -0.2) is 4.98 Å². The zero-order chi connectivity index (χ0) is 19.7. The number of ketones is 1. The van der Waals surface area contributed by atoms with Gasteiger partial charge in [-0.1, -0.05) is 53.8 Å². The highest BCUT2D eigenvalue weighted by Crippen LogP contribution is 2.34. The van der Waals surface area contributed by atoms with Crippen LogP contribution in [0.2, 0.25) is 0 Å². The van der Waals surface area contributed by atoms with Crippen LogP contribution in [0.15, 0.2) is 60.7 Å². The zero-order valence-electron chi connectivity index (χ0n) is 15.3. The van der Waals surface area contributed by atoms with Gasteiger partial charge in [-0.2, -0.15) is 0 Å². The van der Waals surface area contributed by atoms with Crippen LogP contribution in [-0.4, -0.2) is 30.8 Å². The summed E-state index contributed by atoms with van der Waals surface area (Å²) < 4.78 is 0.992. The van der Waals surface area contributed by atoms with E-state index in [0.717, 1.165) is 14.7 Å². The number of anilines is 2. The largest absolute Gasteiger partial charge is 0.354 e. The number of amides is 1. The van der Waals surface area contributed by atoms with Crippen molar-refractivity contribution in [3.05, 3.63) is 76.7 Å². The van der Waals surface area contributed by atoms with E-state index in [2.05, 4.69) is 10.3 Å². The van der Waals surface area contributed by atoms with Gasteiger partial charge in [0.2, 0.25) is 0 Å². The van der Waals surface area contributed by atoms with Crippen LogP contribution in [0.25, 0.3) is 9.53 Å². The van der Waals surface area contributed by atoms with Gasteiger partial charge in [0.05, 0.1) is 9.58 Å². The third-order valence-corrected chi connectivity index (χ3v) is 6.43. The average molecular weight is 408 g/mol. The highest BCUT2D eigenvalue weighted by molar-refractivity contribution is 7.29. The summed E-state index contributed by atoms with van der Waals surface area (Å²) >= 11 is 2.92. The molecule has 0 aliphatic heterocycles. The van der Waals surface area contributed by atoms with Crippen LogP contribution in [0.3, 0.4) is 0 Å². The summed E-state index contributed by atoms with van der Waals surface area (Å²) in [7, 11) is 3.89. The van der Waals surface area contributed by atoms with E-state index in [-0.39, 0.29) is 11.7 Å². The number of thiazole rings is 1. The number of benzene rings is 2. The number of rotatable bonds is 5. The summed E-state index contributed by atoms with van der Waals surface area (Å²) in [6.07, 6.45) is 0. The number of carbonyl (C=O) groups excluding carboxylic acids is 2. The SMILES string of the molecule is CN(C)c1nc2sc(C(=O)Nc3cccc(C(=O)c4ccccc4)c3)cc2s1. The number of fused-ring (bicyclic) bond motifs is 1. The van der Waals surface area contributed by atoms with Crippen molar-refractivity contribution in [1.29, 1.82) is 0 Å². The molecule has 140 valence electrons. The molecule has 0 atom stereocenters. The molecule has 1 amide bonds. The van der Waals surface area contributed by atoms with E-state index in [9.17, 15) is 9.59 Å². The number of nitrogens with zero attached hydrogens (tertiary/aromatic N) is 2. The van der Waals surface area contributed by atoms with Gasteiger partial charge in [-0.05, 0) is 18.2 Å². The van der Waals surface area contributed by atoms with Gasteiger partial charge < -0.3 is 10.2 Å². The molecule has 4 rings (SSSR count). The third-order valence-electron chi connectivity index (χ3n) is 4.10. The first-order valence-corrected chi connectivity index (χ1v) is 10.2. The lowest BCUT2D eigenvalue weighted by Gasteiger charge is -2.07. The predicted octanol–water partition coefficient (Wildman–Crippen LogP) is 4.91. The second-order valence-electron chi connectivity index (χ2n) is 6.40. The van der Waals surface area contributed by atoms with Crippen LogP contribution in [0.1, 0.15) is 25.6 Å². The van der Waals surface area contributed by atoms with E-state index >= 15 is 0 Å². The maximum Gasteiger partial charge on any atom is 0.265 e. The monoisotopic (exact) mass is 407 g/mol. The Bertz CT molecular complexity index is 1130. The lowest BCUT2D eigenvalue weighted by atomic mass is 10.0. The Hall–Kier alpha value is -3.03. The quantitative estimate of drug-likeness (QED) is 0.478. The van der Waals surface area contributed by atoms with Crippen LogP contribution >= 0.6 is 22.7 Å². The highest BCUT2D eigenvalue weighted by Gasteiger charge is 2.16. The minimum absolute atomic E-state index is 0.0752. The molecule has 0 saturated heterocycles. The molecule has 0 saturated carbocycles. The van der Waals surface area contributed by atoms with Gasteiger partial charge in [0.15, 0.2) is 10.9 Å². The Morgan fingerprint density at radius 3 is 2.39 bits per heavy atom. The van der Waals surface area contributed by atoms with E-state index in [1.165, 1.54) is 11.3 Å². The Labute approximate surface area is 170 Å². The Morgan fingerprint density at radius 2 is 1.68 bits per heavy atom. The van der Waals surface area contributed by atoms with Crippen LogP contribution in [-0.2, 0) is 0 Å². The van der Waals surface area contributed by atoms with E-state index in [4.69, 9.17) is 0 Å². The first-order valence-electron chi connectivity index (χ1n) is 8.60. The zero-order valence-corrected chi connectivity index (χ0v) is 16.9. The molecule has 0 bridgehead atoms. The van der Waals surface area contributed by atoms with Gasteiger partial charge in [0.25, 0.3) is 5.91 Å². The van der Waals surface area contributed by atoms with Crippen molar-refractivity contribution in [2.24, 2.45) is 0 Å². The minimum Gasteiger partial charge on any atom is -0.354 e. The maximum absolute atomic E-state index is 12.6. The number of nitrogens with one attached hydrogen (secondary N) is 1. The van der Waals surface area contributed by atoms with Crippen molar-refractivity contribution in [3.63, 3.8) is 0 Å². The van der Waals surface area contributed by atoms with Crippen molar-refractivity contribution < 1.29 is 9.59 Å². The number of hydrogen-bond donors (Lipinski definition) is 1. The average Bonchev–Trinajstić information content (AvgIpc) is 3.28. The number of aromatic nitrogens is 1. The Morgan fingerprint density at radius 1 is 0.929 bits per heavy atom. The first kappa shape index (κ1) is 18.3. The molecule has 2 aromatic heterocycles. The molecule has 0 radical (unpaired) electrons. The molecule has 0 fully saturated rings. The van der Waals surface area contributed by atoms with Crippen LogP contribution < -0.4 is 10.2 Å². The lowest BCUT2D eigenvalue weighted by molar-refractivity contribution is 0.102. The topological polar surface area (TPSA) is 62.3 Å². The summed E-state index contributed by atoms with van der Waals surface area (Å²) in [6.45, 7) is 0. The maximum atomic E-state index is 12.6. The number of hydrogen-bond acceptors (Lipinski definition) is 6. The standard InChI is InChI=1S/C21H17N3O2S2/c1-24(2)21-23-20-17(28-21)12-16(27-20)19(26)22-15-10-6-9-14(11-15)18(25)13-7-4-3-5-8-13/h3-12H,1-2H3,(H,22,26). The molecule has 2 heterocycles. The molecule has 7 heteroatoms. The summed E-state index contributed by atoms with van der Waals surface area (Å²) in [5, 5.41) is 3.80. The first-order chi connectivity index (χ1) is 13.5. The molecule has 0 aliphatic rings. The summed E-state index contributed by atoms with van der Waals surface area (Å²) in [4.78, 5) is 33.2. The molecule has 2 aromatic carbocycles. The van der Waals surface area contributed by atoms with Crippen molar-refractivity contribution in [1.82, 2.24) is 4.98 Å². The molecule has 0 unspecified atom stereocenters. The van der Waals surface area contributed by atoms with E-state index in [1.54, 1.807) is 47.7 Å². The molecule has 28 heavy (non-hydrogen) atoms. The smallest absolute Gasteiger partial charge is 0.265 e. The van der Waals surface area contributed by atoms with Crippen molar-refractivity contribution in [2.75, 3.05) is 24.3 Å². The van der Waals surface area contributed by atoms with Gasteiger partial charge in [0.1, 0.15) is 4.83 Å². The molecule has 1 N–H and O–H groups in total. The second-order valence-corrected chi connectivity index (χ2v) is 8.44. The van der Waals surface area contributed by atoms with Crippen molar-refractivity contribution in [2.45, 2.75) is 0 Å². The lowest BCUT2D eigenvalue weighted by Crippen LogP contribution is -2.11. The molecular formula is C21H17N3O2S2. The fourth-order valence-corrected chi connectivity index (χ4v) is 4.74. The summed E-state index contributed by atoms with van der Waals surface area (Å²) in [5.41, 5.74) is 1.74. The highest BCUT2D eigenvalue weighted by atomic mass is 32.1. The third kappa shape index (κ3) is 3.67. The molecule has 0 spiro atoms. The van der Waals surface area contributed by atoms with Gasteiger partial charge in [0, 0.05) is 30.9 Å². The summed E-state index contributed by atoms with van der Waals surface area (Å²) in [5.74, 6) is -0.278. The second kappa shape index (κ2) is 7.53. The number of thiophene rings is 1. The predicted molar refractivity (Wildman–Crippen MR) is 116 cm³/mol. The van der Waals surface area contributed by atoms with Gasteiger partial charge in [-0.3, -0.25) is 9.59 Å². The van der Waals surface area contributed by atoms with Crippen LogP contribution in [0, 0.1) is 0 Å². The normalized spacial score (nSPS) is 10.8. The summed E-state index contributed by atoms with van der Waals surface area (Å²) in [6, 6.07) is 17.9. The molecule has 0 aliphatic carbocycles. The van der Waals surface area contributed by atoms with Crippen LogP contribution in [0.4, 0.5) is 10.8 Å². The van der Waals surface area contributed by atoms with E-state index in [1.807, 2.05) is 43.3 Å². The van der Waals surface area contributed by atoms with Gasteiger partial charge >= 0.3 is 0 Å².